The highest BCUT2D eigenvalue weighted by Gasteiger charge is 2.37. The topological polar surface area (TPSA) is 81.1 Å². The second-order valence-electron chi connectivity index (χ2n) is 6.99. The average Bonchev–Trinajstić information content (AvgIpc) is 3.17. The van der Waals surface area contributed by atoms with Gasteiger partial charge in [-0.05, 0) is 43.2 Å². The quantitative estimate of drug-likeness (QED) is 0.597. The summed E-state index contributed by atoms with van der Waals surface area (Å²) in [5, 5.41) is 11.9. The van der Waals surface area contributed by atoms with Gasteiger partial charge in [-0.1, -0.05) is 49.0 Å². The Morgan fingerprint density at radius 1 is 1.13 bits per heavy atom. The van der Waals surface area contributed by atoms with E-state index in [-0.39, 0.29) is 11.9 Å². The number of ether oxygens (including phenoxy) is 1. The third kappa shape index (κ3) is 4.28. The highest BCUT2D eigenvalue weighted by atomic mass is 32.2. The molecule has 0 spiro atoms. The number of amides is 1. The first-order chi connectivity index (χ1) is 14.7. The smallest absolute Gasteiger partial charge is 0.240 e. The fourth-order valence-corrected chi connectivity index (χ4v) is 4.51. The van der Waals surface area contributed by atoms with Crippen molar-refractivity contribution in [3.05, 3.63) is 66.0 Å². The number of hydrogen-bond acceptors (Lipinski definition) is 6. The normalized spacial score (nSPS) is 17.7. The summed E-state index contributed by atoms with van der Waals surface area (Å²) < 4.78 is 7.40. The first-order valence-corrected chi connectivity index (χ1v) is 11.0. The number of aryl methyl sites for hydroxylation is 1. The summed E-state index contributed by atoms with van der Waals surface area (Å²) in [7, 11) is 0. The van der Waals surface area contributed by atoms with Crippen LogP contribution < -0.4 is 15.5 Å². The van der Waals surface area contributed by atoms with Crippen molar-refractivity contribution in [2.75, 3.05) is 17.3 Å². The maximum absolute atomic E-state index is 13.2. The van der Waals surface area contributed by atoms with Gasteiger partial charge in [0.25, 0.3) is 0 Å². The monoisotopic (exact) mass is 423 g/mol. The molecule has 0 radical (unpaired) electrons. The van der Waals surface area contributed by atoms with E-state index in [2.05, 4.69) is 27.9 Å². The first-order valence-electron chi connectivity index (χ1n) is 10.2. The fraction of sp³-hybridized carbons (Fsp3) is 0.318. The van der Waals surface area contributed by atoms with E-state index in [1.54, 1.807) is 0 Å². The molecule has 2 atom stereocenters. The molecule has 7 nitrogen and oxygen atoms in total. The lowest BCUT2D eigenvalue weighted by molar-refractivity contribution is -0.116. The molecule has 30 heavy (non-hydrogen) atoms. The van der Waals surface area contributed by atoms with E-state index in [1.807, 2.05) is 66.2 Å². The summed E-state index contributed by atoms with van der Waals surface area (Å²) in [6.07, 6.45) is 1.80. The molecule has 0 aliphatic carbocycles. The van der Waals surface area contributed by atoms with E-state index in [0.29, 0.717) is 11.8 Å². The van der Waals surface area contributed by atoms with Gasteiger partial charge in [0.1, 0.15) is 11.0 Å². The maximum Gasteiger partial charge on any atom is 0.240 e. The largest absolute Gasteiger partial charge is 0.494 e. The molecule has 0 saturated heterocycles. The number of rotatable bonds is 7. The molecule has 3 aromatic rings. The van der Waals surface area contributed by atoms with Crippen LogP contribution in [-0.2, 0) is 11.2 Å². The van der Waals surface area contributed by atoms with Crippen molar-refractivity contribution in [3.63, 3.8) is 0 Å². The molecule has 2 heterocycles. The SMILES string of the molecule is CCCc1nnc2n1N[C@@H](c1ccccc1)[C@H](C(=O)Nc1ccc(OCC)cc1)S2. The zero-order valence-electron chi connectivity index (χ0n) is 17.0. The number of nitrogens with zero attached hydrogens (tertiary/aromatic N) is 3. The molecule has 4 rings (SSSR count). The molecule has 1 amide bonds. The van der Waals surface area contributed by atoms with Gasteiger partial charge in [0.15, 0.2) is 5.82 Å². The van der Waals surface area contributed by atoms with Crippen LogP contribution in [0.15, 0.2) is 59.8 Å². The lowest BCUT2D eigenvalue weighted by Gasteiger charge is -2.33. The van der Waals surface area contributed by atoms with E-state index in [1.165, 1.54) is 11.8 Å². The molecular weight excluding hydrogens is 398 g/mol. The summed E-state index contributed by atoms with van der Waals surface area (Å²) in [6.45, 7) is 4.66. The fourth-order valence-electron chi connectivity index (χ4n) is 3.41. The van der Waals surface area contributed by atoms with Crippen molar-refractivity contribution >= 4 is 23.4 Å². The van der Waals surface area contributed by atoms with Gasteiger partial charge in [-0.15, -0.1) is 10.2 Å². The summed E-state index contributed by atoms with van der Waals surface area (Å²) in [5.74, 6) is 1.58. The number of aromatic nitrogens is 3. The number of anilines is 1. The van der Waals surface area contributed by atoms with Crippen LogP contribution in [0.2, 0.25) is 0 Å². The Hall–Kier alpha value is -3.00. The summed E-state index contributed by atoms with van der Waals surface area (Å²) >= 11 is 1.44. The average molecular weight is 424 g/mol. The van der Waals surface area contributed by atoms with Crippen molar-refractivity contribution in [1.82, 2.24) is 14.9 Å². The molecule has 2 aromatic carbocycles. The van der Waals surface area contributed by atoms with Gasteiger partial charge >= 0.3 is 0 Å². The standard InChI is InChI=1S/C22H25N5O2S/c1-3-8-18-24-25-22-27(18)26-19(15-9-6-5-7-10-15)20(30-22)21(28)23-16-11-13-17(14-12-16)29-4-2/h5-7,9-14,19-20,26H,3-4,8H2,1-2H3,(H,23,28)/t19-,20+/m0/s1. The summed E-state index contributed by atoms with van der Waals surface area (Å²) in [5.41, 5.74) is 5.25. The van der Waals surface area contributed by atoms with Crippen LogP contribution in [0.4, 0.5) is 5.69 Å². The Kier molecular flexibility index (Phi) is 6.23. The van der Waals surface area contributed by atoms with Gasteiger partial charge in [0.05, 0.1) is 12.6 Å². The number of benzene rings is 2. The van der Waals surface area contributed by atoms with E-state index in [4.69, 9.17) is 4.74 Å². The van der Waals surface area contributed by atoms with Crippen LogP contribution in [0.1, 0.15) is 37.7 Å². The van der Waals surface area contributed by atoms with Gasteiger partial charge < -0.3 is 15.5 Å². The van der Waals surface area contributed by atoms with Crippen LogP contribution in [0.25, 0.3) is 0 Å². The van der Waals surface area contributed by atoms with E-state index >= 15 is 0 Å². The molecule has 0 unspecified atom stereocenters. The Morgan fingerprint density at radius 2 is 1.90 bits per heavy atom. The Morgan fingerprint density at radius 3 is 2.60 bits per heavy atom. The van der Waals surface area contributed by atoms with Crippen molar-refractivity contribution < 1.29 is 9.53 Å². The molecule has 0 fully saturated rings. The van der Waals surface area contributed by atoms with Crippen molar-refractivity contribution in [2.45, 2.75) is 43.1 Å². The molecule has 1 aromatic heterocycles. The van der Waals surface area contributed by atoms with Crippen LogP contribution in [0.5, 0.6) is 5.75 Å². The first kappa shape index (κ1) is 20.3. The summed E-state index contributed by atoms with van der Waals surface area (Å²) in [4.78, 5) is 13.2. The number of fused-ring (bicyclic) bond motifs is 1. The minimum atomic E-state index is -0.398. The number of nitrogens with one attached hydrogen (secondary N) is 2. The van der Waals surface area contributed by atoms with Crippen LogP contribution in [0.3, 0.4) is 0 Å². The highest BCUT2D eigenvalue weighted by Crippen LogP contribution is 2.37. The molecule has 8 heteroatoms. The molecule has 0 bridgehead atoms. The lowest BCUT2D eigenvalue weighted by atomic mass is 10.0. The number of hydrogen-bond donors (Lipinski definition) is 2. The Labute approximate surface area is 180 Å². The lowest BCUT2D eigenvalue weighted by Crippen LogP contribution is -2.41. The predicted molar refractivity (Wildman–Crippen MR) is 118 cm³/mol. The number of carbonyl (C=O) groups excluding carboxylic acids is 1. The highest BCUT2D eigenvalue weighted by molar-refractivity contribution is 8.00. The molecule has 2 N–H and O–H groups in total. The van der Waals surface area contributed by atoms with Crippen molar-refractivity contribution in [2.24, 2.45) is 0 Å². The third-order valence-electron chi connectivity index (χ3n) is 4.83. The zero-order chi connectivity index (χ0) is 20.9. The van der Waals surface area contributed by atoms with Gasteiger partial charge in [-0.25, -0.2) is 4.68 Å². The molecule has 156 valence electrons. The second-order valence-corrected chi connectivity index (χ2v) is 8.10. The summed E-state index contributed by atoms with van der Waals surface area (Å²) in [6, 6.07) is 17.2. The van der Waals surface area contributed by atoms with Gasteiger partial charge in [-0.2, -0.15) is 0 Å². The van der Waals surface area contributed by atoms with E-state index in [0.717, 1.165) is 35.7 Å². The van der Waals surface area contributed by atoms with Gasteiger partial charge in [-0.3, -0.25) is 4.79 Å². The Balaban J connectivity index is 1.59. The van der Waals surface area contributed by atoms with E-state index in [9.17, 15) is 4.79 Å². The number of carbonyl (C=O) groups is 1. The Bertz CT molecular complexity index is 991. The van der Waals surface area contributed by atoms with Gasteiger partial charge in [0, 0.05) is 12.1 Å². The van der Waals surface area contributed by atoms with Gasteiger partial charge in [0.2, 0.25) is 11.1 Å². The number of thioether (sulfide) groups is 1. The third-order valence-corrected chi connectivity index (χ3v) is 6.04. The predicted octanol–water partition coefficient (Wildman–Crippen LogP) is 4.03. The molecule has 0 saturated carbocycles. The van der Waals surface area contributed by atoms with Crippen LogP contribution in [0, 0.1) is 0 Å². The molecule has 1 aliphatic heterocycles. The van der Waals surface area contributed by atoms with Crippen molar-refractivity contribution in [3.8, 4) is 5.75 Å². The minimum absolute atomic E-state index is 0.0863. The van der Waals surface area contributed by atoms with E-state index < -0.39 is 5.25 Å². The molecule has 1 aliphatic rings. The van der Waals surface area contributed by atoms with Crippen LogP contribution in [-0.4, -0.2) is 32.6 Å². The molecular formula is C22H25N5O2S. The minimum Gasteiger partial charge on any atom is -0.494 e. The van der Waals surface area contributed by atoms with Crippen LogP contribution >= 0.6 is 11.8 Å². The van der Waals surface area contributed by atoms with Crippen molar-refractivity contribution in [1.29, 1.82) is 0 Å². The zero-order valence-corrected chi connectivity index (χ0v) is 17.9. The maximum atomic E-state index is 13.2. The second kappa shape index (κ2) is 9.21.